The van der Waals surface area contributed by atoms with Crippen molar-refractivity contribution >= 4 is 39.1 Å². The molecule has 10 heteroatoms. The molecule has 0 saturated heterocycles. The molecule has 41 heavy (non-hydrogen) atoms. The quantitative estimate of drug-likeness (QED) is 0.319. The molecule has 1 aliphatic rings. The molecule has 1 N–H and O–H groups in total. The molecule has 3 aromatic carbocycles. The third kappa shape index (κ3) is 7.59. The number of amides is 2. The summed E-state index contributed by atoms with van der Waals surface area (Å²) in [6.07, 6.45) is 5.05. The minimum atomic E-state index is -4.18. The lowest BCUT2D eigenvalue weighted by Gasteiger charge is -2.33. The zero-order valence-corrected chi connectivity index (χ0v) is 24.9. The number of sulfonamides is 1. The van der Waals surface area contributed by atoms with Gasteiger partial charge in [-0.05, 0) is 61.7 Å². The first-order valence-electron chi connectivity index (χ1n) is 13.8. The summed E-state index contributed by atoms with van der Waals surface area (Å²) in [5.41, 5.74) is 0.914. The fraction of sp³-hybridized carbons (Fsp3) is 0.355. The fourth-order valence-corrected chi connectivity index (χ4v) is 6.75. The standard InChI is InChI=1S/C31H36ClN3O5S/c1-23(31(37)33-25-13-5-3-6-14-25)34(21-24-12-11-15-26(20-24)40-2)30(36)22-35(29-19-10-9-18-28(29)32)41(38,39)27-16-7-4-8-17-27/h4,7-12,15-20,23,25H,3,5-6,13-14,21-22H2,1-2H3,(H,33,37). The van der Waals surface area contributed by atoms with E-state index in [1.54, 1.807) is 74.7 Å². The number of para-hydroxylation sites is 1. The molecule has 8 nitrogen and oxygen atoms in total. The second kappa shape index (κ2) is 13.9. The van der Waals surface area contributed by atoms with Crippen molar-refractivity contribution < 1.29 is 22.7 Å². The summed E-state index contributed by atoms with van der Waals surface area (Å²) in [4.78, 5) is 28.9. The average Bonchev–Trinajstić information content (AvgIpc) is 2.99. The summed E-state index contributed by atoms with van der Waals surface area (Å²) in [7, 11) is -2.62. The lowest BCUT2D eigenvalue weighted by atomic mass is 9.95. The Morgan fingerprint density at radius 3 is 2.34 bits per heavy atom. The largest absolute Gasteiger partial charge is 0.497 e. The van der Waals surface area contributed by atoms with Gasteiger partial charge in [-0.2, -0.15) is 0 Å². The normalized spacial score (nSPS) is 14.6. The van der Waals surface area contributed by atoms with Gasteiger partial charge in [-0.25, -0.2) is 8.42 Å². The highest BCUT2D eigenvalue weighted by Crippen LogP contribution is 2.31. The van der Waals surface area contributed by atoms with Gasteiger partial charge in [0.15, 0.2) is 0 Å². The van der Waals surface area contributed by atoms with Crippen LogP contribution < -0.4 is 14.4 Å². The fourth-order valence-electron chi connectivity index (χ4n) is 5.01. The topological polar surface area (TPSA) is 96.0 Å². The molecular formula is C31H36ClN3O5S. The van der Waals surface area contributed by atoms with E-state index in [1.165, 1.54) is 17.0 Å². The third-order valence-corrected chi connectivity index (χ3v) is 9.43. The zero-order chi connectivity index (χ0) is 29.4. The van der Waals surface area contributed by atoms with Crippen LogP contribution in [0.4, 0.5) is 5.69 Å². The molecule has 1 unspecified atom stereocenters. The number of anilines is 1. The molecular weight excluding hydrogens is 562 g/mol. The number of carbonyl (C=O) groups is 2. The van der Waals surface area contributed by atoms with E-state index in [0.29, 0.717) is 5.75 Å². The Labute approximate surface area is 247 Å². The highest BCUT2D eigenvalue weighted by atomic mass is 35.5. The molecule has 2 amide bonds. The van der Waals surface area contributed by atoms with E-state index in [-0.39, 0.29) is 34.1 Å². The summed E-state index contributed by atoms with van der Waals surface area (Å²) in [6.45, 7) is 1.20. The van der Waals surface area contributed by atoms with Crippen LogP contribution in [0.25, 0.3) is 0 Å². The number of carbonyl (C=O) groups excluding carboxylic acids is 2. The van der Waals surface area contributed by atoms with Crippen molar-refractivity contribution in [2.45, 2.75) is 62.6 Å². The summed E-state index contributed by atoms with van der Waals surface area (Å²) in [6, 6.07) is 20.8. The smallest absolute Gasteiger partial charge is 0.264 e. The van der Waals surface area contributed by atoms with Gasteiger partial charge in [0.05, 0.1) is 22.7 Å². The van der Waals surface area contributed by atoms with Crippen LogP contribution in [0.15, 0.2) is 83.8 Å². The zero-order valence-electron chi connectivity index (χ0n) is 23.3. The number of nitrogens with zero attached hydrogens (tertiary/aromatic N) is 2. The summed E-state index contributed by atoms with van der Waals surface area (Å²) >= 11 is 6.45. The lowest BCUT2D eigenvalue weighted by Crippen LogP contribution is -2.53. The number of hydrogen-bond donors (Lipinski definition) is 1. The molecule has 4 rings (SSSR count). The van der Waals surface area contributed by atoms with Gasteiger partial charge in [0.25, 0.3) is 10.0 Å². The Morgan fingerprint density at radius 1 is 0.976 bits per heavy atom. The molecule has 1 saturated carbocycles. The van der Waals surface area contributed by atoms with Crippen molar-refractivity contribution in [3.05, 3.63) is 89.4 Å². The molecule has 1 atom stereocenters. The average molecular weight is 598 g/mol. The molecule has 1 aliphatic carbocycles. The van der Waals surface area contributed by atoms with E-state index in [2.05, 4.69) is 5.32 Å². The Kier molecular flexibility index (Phi) is 10.3. The van der Waals surface area contributed by atoms with Crippen LogP contribution in [-0.2, 0) is 26.2 Å². The Balaban J connectivity index is 1.68. The lowest BCUT2D eigenvalue weighted by molar-refractivity contribution is -0.139. The van der Waals surface area contributed by atoms with Gasteiger partial charge in [-0.1, -0.05) is 73.3 Å². The van der Waals surface area contributed by atoms with Crippen LogP contribution in [0.1, 0.15) is 44.6 Å². The molecule has 0 spiro atoms. The van der Waals surface area contributed by atoms with E-state index in [0.717, 1.165) is 42.0 Å². The van der Waals surface area contributed by atoms with Crippen molar-refractivity contribution in [1.82, 2.24) is 10.2 Å². The van der Waals surface area contributed by atoms with Gasteiger partial charge in [0.2, 0.25) is 11.8 Å². The number of halogens is 1. The van der Waals surface area contributed by atoms with E-state index < -0.39 is 28.5 Å². The molecule has 0 bridgehead atoms. The number of nitrogens with one attached hydrogen (secondary N) is 1. The van der Waals surface area contributed by atoms with E-state index in [9.17, 15) is 18.0 Å². The molecule has 0 radical (unpaired) electrons. The number of rotatable bonds is 11. The number of hydrogen-bond acceptors (Lipinski definition) is 5. The highest BCUT2D eigenvalue weighted by molar-refractivity contribution is 7.92. The highest BCUT2D eigenvalue weighted by Gasteiger charge is 2.34. The van der Waals surface area contributed by atoms with Gasteiger partial charge in [-0.15, -0.1) is 0 Å². The monoisotopic (exact) mass is 597 g/mol. The van der Waals surface area contributed by atoms with Gasteiger partial charge in [-0.3, -0.25) is 13.9 Å². The predicted octanol–water partition coefficient (Wildman–Crippen LogP) is 5.41. The first kappa shape index (κ1) is 30.4. The maximum Gasteiger partial charge on any atom is 0.264 e. The van der Waals surface area contributed by atoms with Crippen LogP contribution in [0, 0.1) is 0 Å². The number of benzene rings is 3. The van der Waals surface area contributed by atoms with E-state index >= 15 is 0 Å². The third-order valence-electron chi connectivity index (χ3n) is 7.34. The molecule has 1 fully saturated rings. The molecule has 0 aliphatic heterocycles. The maximum absolute atomic E-state index is 14.1. The van der Waals surface area contributed by atoms with Gasteiger partial charge >= 0.3 is 0 Å². The predicted molar refractivity (Wildman–Crippen MR) is 160 cm³/mol. The van der Waals surface area contributed by atoms with Crippen molar-refractivity contribution in [3.8, 4) is 5.75 Å². The first-order chi connectivity index (χ1) is 19.7. The minimum Gasteiger partial charge on any atom is -0.497 e. The second-order valence-electron chi connectivity index (χ2n) is 10.2. The van der Waals surface area contributed by atoms with Crippen LogP contribution >= 0.6 is 11.6 Å². The maximum atomic E-state index is 14.1. The molecule has 0 aromatic heterocycles. The summed E-state index contributed by atoms with van der Waals surface area (Å²) in [5.74, 6) is -0.208. The van der Waals surface area contributed by atoms with Gasteiger partial charge < -0.3 is 15.0 Å². The van der Waals surface area contributed by atoms with Crippen LogP contribution in [0.5, 0.6) is 5.75 Å². The molecule has 218 valence electrons. The van der Waals surface area contributed by atoms with E-state index in [4.69, 9.17) is 16.3 Å². The second-order valence-corrected chi connectivity index (χ2v) is 12.4. The Hall–Kier alpha value is -3.56. The molecule has 3 aromatic rings. The molecule has 0 heterocycles. The summed E-state index contributed by atoms with van der Waals surface area (Å²) < 4.78 is 34.1. The number of ether oxygens (including phenoxy) is 1. The van der Waals surface area contributed by atoms with Gasteiger partial charge in [0.1, 0.15) is 18.3 Å². The summed E-state index contributed by atoms with van der Waals surface area (Å²) in [5, 5.41) is 3.28. The number of methoxy groups -OCH3 is 1. The van der Waals surface area contributed by atoms with Crippen molar-refractivity contribution in [2.24, 2.45) is 0 Å². The van der Waals surface area contributed by atoms with Crippen molar-refractivity contribution in [3.63, 3.8) is 0 Å². The van der Waals surface area contributed by atoms with Crippen LogP contribution in [0.2, 0.25) is 5.02 Å². The van der Waals surface area contributed by atoms with Gasteiger partial charge in [0, 0.05) is 12.6 Å². The van der Waals surface area contributed by atoms with Crippen LogP contribution in [-0.4, -0.2) is 50.9 Å². The van der Waals surface area contributed by atoms with E-state index in [1.807, 2.05) is 6.07 Å². The Bertz CT molecular complexity index is 1440. The SMILES string of the molecule is COc1cccc(CN(C(=O)CN(c2ccccc2Cl)S(=O)(=O)c2ccccc2)C(C)C(=O)NC2CCCCC2)c1. The van der Waals surface area contributed by atoms with Crippen molar-refractivity contribution in [1.29, 1.82) is 0 Å². The Morgan fingerprint density at radius 2 is 1.66 bits per heavy atom. The minimum absolute atomic E-state index is 0.0233. The first-order valence-corrected chi connectivity index (χ1v) is 15.6. The van der Waals surface area contributed by atoms with Crippen LogP contribution in [0.3, 0.4) is 0 Å². The van der Waals surface area contributed by atoms with Crippen molar-refractivity contribution in [2.75, 3.05) is 18.0 Å².